The summed E-state index contributed by atoms with van der Waals surface area (Å²) >= 11 is 0. The minimum absolute atomic E-state index is 0.241. The van der Waals surface area contributed by atoms with Gasteiger partial charge in [-0.25, -0.2) is 8.42 Å². The Bertz CT molecular complexity index is 818. The maximum absolute atomic E-state index is 12.1. The quantitative estimate of drug-likeness (QED) is 0.869. The summed E-state index contributed by atoms with van der Waals surface area (Å²) in [6, 6.07) is 8.33. The number of hydrogen-bond acceptors (Lipinski definition) is 2. The van der Waals surface area contributed by atoms with Crippen LogP contribution >= 0.6 is 0 Å². The second-order valence-electron chi connectivity index (χ2n) is 5.82. The molecule has 0 saturated carbocycles. The van der Waals surface area contributed by atoms with Gasteiger partial charge in [-0.1, -0.05) is 31.2 Å². The van der Waals surface area contributed by atoms with Crippen LogP contribution in [0.5, 0.6) is 0 Å². The molecule has 0 aliphatic carbocycles. The highest BCUT2D eigenvalue weighted by atomic mass is 32.2. The van der Waals surface area contributed by atoms with Crippen LogP contribution in [-0.2, 0) is 17.1 Å². The highest BCUT2D eigenvalue weighted by Gasteiger charge is 2.24. The van der Waals surface area contributed by atoms with Gasteiger partial charge in [0.05, 0.1) is 5.75 Å². The van der Waals surface area contributed by atoms with Gasteiger partial charge in [0.2, 0.25) is 10.0 Å². The smallest absolute Gasteiger partial charge is 0.214 e. The van der Waals surface area contributed by atoms with E-state index in [0.29, 0.717) is 19.5 Å². The maximum Gasteiger partial charge on any atom is 0.214 e. The zero-order valence-electron chi connectivity index (χ0n) is 13.1. The Morgan fingerprint density at radius 1 is 1.23 bits per heavy atom. The number of aromatic nitrogens is 1. The lowest BCUT2D eigenvalue weighted by atomic mass is 10.00. The lowest BCUT2D eigenvalue weighted by molar-refractivity contribution is 0.441. The number of rotatable bonds is 4. The van der Waals surface area contributed by atoms with E-state index in [0.717, 1.165) is 6.42 Å². The van der Waals surface area contributed by atoms with Crippen LogP contribution in [-0.4, -0.2) is 36.1 Å². The summed E-state index contributed by atoms with van der Waals surface area (Å²) in [7, 11) is -1.04. The van der Waals surface area contributed by atoms with Crippen molar-refractivity contribution in [1.29, 1.82) is 0 Å². The van der Waals surface area contributed by atoms with Gasteiger partial charge in [-0.15, -0.1) is 0 Å². The first-order valence-corrected chi connectivity index (χ1v) is 9.35. The first-order chi connectivity index (χ1) is 10.5. The lowest BCUT2D eigenvalue weighted by Crippen LogP contribution is -2.36. The van der Waals surface area contributed by atoms with Crippen molar-refractivity contribution in [2.24, 2.45) is 7.05 Å². The van der Waals surface area contributed by atoms with Crippen molar-refractivity contribution in [2.75, 3.05) is 18.8 Å². The SMILES string of the molecule is CCCS(=O)(=O)N1CC=C(c2cn(C)c3ccccc23)CC1. The van der Waals surface area contributed by atoms with Gasteiger partial charge in [0.15, 0.2) is 0 Å². The Balaban J connectivity index is 1.90. The van der Waals surface area contributed by atoms with Gasteiger partial charge in [0, 0.05) is 42.8 Å². The molecule has 0 spiro atoms. The molecule has 3 rings (SSSR count). The van der Waals surface area contributed by atoms with Crippen molar-refractivity contribution >= 4 is 26.5 Å². The van der Waals surface area contributed by atoms with Crippen molar-refractivity contribution in [1.82, 2.24) is 8.87 Å². The predicted octanol–water partition coefficient (Wildman–Crippen LogP) is 3.01. The molecule has 1 aromatic heterocycles. The summed E-state index contributed by atoms with van der Waals surface area (Å²) in [6.07, 6.45) is 5.65. The molecule has 0 radical (unpaired) electrons. The number of benzene rings is 1. The van der Waals surface area contributed by atoms with Crippen LogP contribution in [0.1, 0.15) is 25.3 Å². The van der Waals surface area contributed by atoms with Gasteiger partial charge in [0.1, 0.15) is 0 Å². The van der Waals surface area contributed by atoms with Crippen molar-refractivity contribution in [3.63, 3.8) is 0 Å². The number of hydrogen-bond donors (Lipinski definition) is 0. The summed E-state index contributed by atoms with van der Waals surface area (Å²) in [4.78, 5) is 0. The topological polar surface area (TPSA) is 42.3 Å². The molecule has 5 heteroatoms. The minimum Gasteiger partial charge on any atom is -0.350 e. The average molecular weight is 318 g/mol. The summed E-state index contributed by atoms with van der Waals surface area (Å²) in [5, 5.41) is 1.24. The molecule has 2 heterocycles. The predicted molar refractivity (Wildman–Crippen MR) is 91.2 cm³/mol. The average Bonchev–Trinajstić information content (AvgIpc) is 2.85. The Morgan fingerprint density at radius 2 is 2.00 bits per heavy atom. The lowest BCUT2D eigenvalue weighted by Gasteiger charge is -2.25. The summed E-state index contributed by atoms with van der Waals surface area (Å²) in [5.41, 5.74) is 3.69. The normalized spacial score (nSPS) is 16.9. The van der Waals surface area contributed by atoms with Crippen LogP contribution in [0.4, 0.5) is 0 Å². The summed E-state index contributed by atoms with van der Waals surface area (Å²) in [6.45, 7) is 2.97. The van der Waals surface area contributed by atoms with Crippen LogP contribution in [0.3, 0.4) is 0 Å². The Kier molecular flexibility index (Phi) is 4.10. The second-order valence-corrected chi connectivity index (χ2v) is 7.91. The second kappa shape index (κ2) is 5.89. The molecule has 1 aliphatic heterocycles. The van der Waals surface area contributed by atoms with E-state index < -0.39 is 10.0 Å². The molecule has 0 saturated heterocycles. The molecule has 1 aromatic carbocycles. The van der Waals surface area contributed by atoms with Crippen molar-refractivity contribution in [3.8, 4) is 0 Å². The van der Waals surface area contributed by atoms with E-state index in [4.69, 9.17) is 0 Å². The first-order valence-electron chi connectivity index (χ1n) is 7.74. The van der Waals surface area contributed by atoms with E-state index in [2.05, 4.69) is 29.0 Å². The van der Waals surface area contributed by atoms with E-state index in [1.165, 1.54) is 22.0 Å². The van der Waals surface area contributed by atoms with Crippen LogP contribution in [0.15, 0.2) is 36.5 Å². The van der Waals surface area contributed by atoms with Crippen LogP contribution in [0.25, 0.3) is 16.5 Å². The number of aryl methyl sites for hydroxylation is 1. The molecule has 1 aliphatic rings. The van der Waals surface area contributed by atoms with Gasteiger partial charge in [-0.2, -0.15) is 4.31 Å². The molecule has 0 amide bonds. The van der Waals surface area contributed by atoms with Crippen LogP contribution in [0, 0.1) is 0 Å². The van der Waals surface area contributed by atoms with E-state index in [9.17, 15) is 8.42 Å². The van der Waals surface area contributed by atoms with E-state index >= 15 is 0 Å². The standard InChI is InChI=1S/C17H22N2O2S/c1-3-12-22(20,21)19-10-8-14(9-11-19)16-13-18(2)17-7-5-4-6-15(16)17/h4-8,13H,3,9-12H2,1-2H3. The first kappa shape index (κ1) is 15.3. The highest BCUT2D eigenvalue weighted by molar-refractivity contribution is 7.89. The zero-order chi connectivity index (χ0) is 15.7. The van der Waals surface area contributed by atoms with Crippen molar-refractivity contribution in [3.05, 3.63) is 42.1 Å². The van der Waals surface area contributed by atoms with Gasteiger partial charge in [-0.05, 0) is 24.5 Å². The molecular formula is C17H22N2O2S. The molecule has 22 heavy (non-hydrogen) atoms. The fraction of sp³-hybridized carbons (Fsp3) is 0.412. The van der Waals surface area contributed by atoms with E-state index in [1.807, 2.05) is 26.1 Å². The van der Waals surface area contributed by atoms with Gasteiger partial charge >= 0.3 is 0 Å². The Hall–Kier alpha value is -1.59. The molecule has 118 valence electrons. The number of nitrogens with zero attached hydrogens (tertiary/aromatic N) is 2. The monoisotopic (exact) mass is 318 g/mol. The van der Waals surface area contributed by atoms with Crippen molar-refractivity contribution < 1.29 is 8.42 Å². The fourth-order valence-corrected chi connectivity index (χ4v) is 4.58. The fourth-order valence-electron chi connectivity index (χ4n) is 3.13. The number of sulfonamides is 1. The molecule has 0 atom stereocenters. The Labute approximate surface area is 132 Å². The summed E-state index contributed by atoms with van der Waals surface area (Å²) < 4.78 is 28.0. The molecule has 0 fully saturated rings. The maximum atomic E-state index is 12.1. The molecule has 0 unspecified atom stereocenters. The zero-order valence-corrected chi connectivity index (χ0v) is 13.9. The molecule has 0 bridgehead atoms. The van der Waals surface area contributed by atoms with E-state index in [-0.39, 0.29) is 5.75 Å². The third kappa shape index (κ3) is 2.71. The van der Waals surface area contributed by atoms with Crippen LogP contribution in [0.2, 0.25) is 0 Å². The van der Waals surface area contributed by atoms with Gasteiger partial charge < -0.3 is 4.57 Å². The molecule has 2 aromatic rings. The Morgan fingerprint density at radius 3 is 2.68 bits per heavy atom. The van der Waals surface area contributed by atoms with Gasteiger partial charge in [0.25, 0.3) is 0 Å². The number of fused-ring (bicyclic) bond motifs is 1. The highest BCUT2D eigenvalue weighted by Crippen LogP contribution is 2.31. The van der Waals surface area contributed by atoms with Crippen LogP contribution < -0.4 is 0 Å². The van der Waals surface area contributed by atoms with E-state index in [1.54, 1.807) is 4.31 Å². The molecular weight excluding hydrogens is 296 g/mol. The third-order valence-corrected chi connectivity index (χ3v) is 6.31. The summed E-state index contributed by atoms with van der Waals surface area (Å²) in [5.74, 6) is 0.241. The number of para-hydroxylation sites is 1. The third-order valence-electron chi connectivity index (χ3n) is 4.27. The minimum atomic E-state index is -3.09. The van der Waals surface area contributed by atoms with Crippen molar-refractivity contribution in [2.45, 2.75) is 19.8 Å². The largest absolute Gasteiger partial charge is 0.350 e. The molecule has 4 nitrogen and oxygen atoms in total. The molecule has 0 N–H and O–H groups in total. The van der Waals surface area contributed by atoms with Gasteiger partial charge in [-0.3, -0.25) is 0 Å².